The number of aromatic nitrogens is 2. The van der Waals surface area contributed by atoms with E-state index in [9.17, 15) is 13.5 Å². The minimum Gasteiger partial charge on any atom is -0.390 e. The molecular weight excluding hydrogens is 270 g/mol. The number of aliphatic hydroxyl groups is 1. The van der Waals surface area contributed by atoms with E-state index in [1.54, 1.807) is 14.0 Å². The number of aliphatic hydroxyl groups excluding tert-OH is 1. The van der Waals surface area contributed by atoms with E-state index in [-0.39, 0.29) is 16.6 Å². The maximum atomic E-state index is 12.6. The largest absolute Gasteiger partial charge is 0.390 e. The molecule has 8 heteroatoms. The summed E-state index contributed by atoms with van der Waals surface area (Å²) in [4.78, 5) is 0.0870. The third kappa shape index (κ3) is 2.66. The zero-order valence-corrected chi connectivity index (χ0v) is 11.9. The quantitative estimate of drug-likeness (QED) is 0.814. The van der Waals surface area contributed by atoms with Crippen molar-refractivity contribution < 1.29 is 18.3 Å². The van der Waals surface area contributed by atoms with E-state index in [0.717, 1.165) is 0 Å². The highest BCUT2D eigenvalue weighted by atomic mass is 32.2. The molecule has 0 aromatic carbocycles. The highest BCUT2D eigenvalue weighted by Gasteiger charge is 2.33. The van der Waals surface area contributed by atoms with Crippen LogP contribution in [0.15, 0.2) is 4.90 Å². The number of hydrogen-bond donors (Lipinski definition) is 2. The molecule has 1 saturated heterocycles. The highest BCUT2D eigenvalue weighted by Crippen LogP contribution is 2.25. The topological polar surface area (TPSA) is 95.5 Å². The van der Waals surface area contributed by atoms with Gasteiger partial charge in [0.15, 0.2) is 0 Å². The molecular formula is C11H19N3O4S. The number of nitrogens with one attached hydrogen (secondary N) is 1. The van der Waals surface area contributed by atoms with Crippen molar-refractivity contribution >= 4 is 10.0 Å². The van der Waals surface area contributed by atoms with Crippen molar-refractivity contribution in [2.45, 2.75) is 37.3 Å². The van der Waals surface area contributed by atoms with Crippen LogP contribution in [0.5, 0.6) is 0 Å². The van der Waals surface area contributed by atoms with Gasteiger partial charge in [-0.1, -0.05) is 0 Å². The lowest BCUT2D eigenvalue weighted by atomic mass is 10.1. The number of aromatic amines is 1. The van der Waals surface area contributed by atoms with Crippen molar-refractivity contribution in [3.8, 4) is 0 Å². The molecule has 1 aliphatic heterocycles. The summed E-state index contributed by atoms with van der Waals surface area (Å²) in [6.45, 7) is 2.38. The third-order valence-electron chi connectivity index (χ3n) is 3.45. The molecule has 0 aliphatic carbocycles. The molecule has 0 radical (unpaired) electrons. The highest BCUT2D eigenvalue weighted by molar-refractivity contribution is 7.89. The molecule has 1 aromatic rings. The fourth-order valence-electron chi connectivity index (χ4n) is 2.31. The van der Waals surface area contributed by atoms with Crippen molar-refractivity contribution in [1.82, 2.24) is 14.5 Å². The van der Waals surface area contributed by atoms with Crippen LogP contribution in [0.3, 0.4) is 0 Å². The number of H-pyrrole nitrogens is 1. The lowest BCUT2D eigenvalue weighted by Gasteiger charge is -2.30. The Kier molecular flexibility index (Phi) is 4.24. The molecule has 0 amide bonds. The SMILES string of the molecule is Cc1[nH]nc(CO)c1S(=O)(=O)N(C)C1CCOCC1. The second kappa shape index (κ2) is 5.58. The molecule has 0 unspecified atom stereocenters. The summed E-state index contributed by atoms with van der Waals surface area (Å²) < 4.78 is 31.8. The van der Waals surface area contributed by atoms with Gasteiger partial charge in [0.1, 0.15) is 10.6 Å². The van der Waals surface area contributed by atoms with Crippen LogP contribution in [0.4, 0.5) is 0 Å². The standard InChI is InChI=1S/C11H19N3O4S/c1-8-11(10(7-15)13-12-8)19(16,17)14(2)9-3-5-18-6-4-9/h9,15H,3-7H2,1-2H3,(H,12,13). The zero-order valence-electron chi connectivity index (χ0n) is 11.1. The number of hydrogen-bond acceptors (Lipinski definition) is 5. The Labute approximate surface area is 112 Å². The average molecular weight is 289 g/mol. The second-order valence-corrected chi connectivity index (χ2v) is 6.58. The first-order valence-corrected chi connectivity index (χ1v) is 7.63. The third-order valence-corrected chi connectivity index (χ3v) is 5.57. The molecule has 7 nitrogen and oxygen atoms in total. The minimum absolute atomic E-state index is 0.0698. The van der Waals surface area contributed by atoms with Crippen LogP contribution in [-0.2, 0) is 21.4 Å². The molecule has 2 rings (SSSR count). The average Bonchev–Trinajstić information content (AvgIpc) is 2.80. The van der Waals surface area contributed by atoms with Crippen LogP contribution < -0.4 is 0 Å². The monoisotopic (exact) mass is 289 g/mol. The summed E-state index contributed by atoms with van der Waals surface area (Å²) in [5.74, 6) is 0. The van der Waals surface area contributed by atoms with Gasteiger partial charge in [0.25, 0.3) is 0 Å². The zero-order chi connectivity index (χ0) is 14.0. The van der Waals surface area contributed by atoms with Crippen molar-refractivity contribution in [2.24, 2.45) is 0 Å². The summed E-state index contributed by atoms with van der Waals surface area (Å²) in [6, 6.07) is -0.0698. The Balaban J connectivity index is 2.33. The van der Waals surface area contributed by atoms with Crippen LogP contribution >= 0.6 is 0 Å². The van der Waals surface area contributed by atoms with E-state index in [4.69, 9.17) is 4.74 Å². The lowest BCUT2D eigenvalue weighted by molar-refractivity contribution is 0.0632. The van der Waals surface area contributed by atoms with E-state index in [2.05, 4.69) is 10.2 Å². The van der Waals surface area contributed by atoms with Crippen LogP contribution in [0.1, 0.15) is 24.2 Å². The fourth-order valence-corrected chi connectivity index (χ4v) is 4.04. The van der Waals surface area contributed by atoms with Gasteiger partial charge in [-0.3, -0.25) is 5.10 Å². The number of nitrogens with zero attached hydrogens (tertiary/aromatic N) is 2. The molecule has 108 valence electrons. The van der Waals surface area contributed by atoms with Crippen LogP contribution in [0, 0.1) is 6.92 Å². The number of ether oxygens (including phenoxy) is 1. The van der Waals surface area contributed by atoms with Gasteiger partial charge >= 0.3 is 0 Å². The van der Waals surface area contributed by atoms with Crippen molar-refractivity contribution in [2.75, 3.05) is 20.3 Å². The molecule has 1 aromatic heterocycles. The molecule has 19 heavy (non-hydrogen) atoms. The maximum Gasteiger partial charge on any atom is 0.246 e. The molecule has 0 bridgehead atoms. The van der Waals surface area contributed by atoms with Gasteiger partial charge in [-0.15, -0.1) is 0 Å². The van der Waals surface area contributed by atoms with Crippen molar-refractivity contribution in [3.63, 3.8) is 0 Å². The van der Waals surface area contributed by atoms with E-state index in [1.165, 1.54) is 4.31 Å². The minimum atomic E-state index is -3.64. The Hall–Kier alpha value is -0.960. The van der Waals surface area contributed by atoms with Gasteiger partial charge in [-0.05, 0) is 19.8 Å². The maximum absolute atomic E-state index is 12.6. The Morgan fingerprint density at radius 2 is 2.11 bits per heavy atom. The molecule has 0 saturated carbocycles. The number of sulfonamides is 1. The van der Waals surface area contributed by atoms with Crippen LogP contribution in [0.25, 0.3) is 0 Å². The van der Waals surface area contributed by atoms with Crippen molar-refractivity contribution in [3.05, 3.63) is 11.4 Å². The molecule has 1 aliphatic rings. The van der Waals surface area contributed by atoms with E-state index in [1.807, 2.05) is 0 Å². The van der Waals surface area contributed by atoms with Gasteiger partial charge in [0, 0.05) is 26.3 Å². The van der Waals surface area contributed by atoms with E-state index >= 15 is 0 Å². The first-order valence-electron chi connectivity index (χ1n) is 6.19. The molecule has 2 heterocycles. The predicted molar refractivity (Wildman–Crippen MR) is 68.0 cm³/mol. The Morgan fingerprint density at radius 1 is 1.47 bits per heavy atom. The summed E-state index contributed by atoms with van der Waals surface area (Å²) in [5.41, 5.74) is 0.611. The predicted octanol–water partition coefficient (Wildman–Crippen LogP) is 0.00992. The molecule has 1 fully saturated rings. The van der Waals surface area contributed by atoms with Crippen LogP contribution in [0.2, 0.25) is 0 Å². The molecule has 0 spiro atoms. The summed E-state index contributed by atoms with van der Waals surface area (Å²) in [5, 5.41) is 15.6. The van der Waals surface area contributed by atoms with E-state index < -0.39 is 16.6 Å². The van der Waals surface area contributed by atoms with Crippen molar-refractivity contribution in [1.29, 1.82) is 0 Å². The first kappa shape index (κ1) is 14.4. The molecule has 2 N–H and O–H groups in total. The summed E-state index contributed by atoms with van der Waals surface area (Å²) in [6.07, 6.45) is 1.36. The van der Waals surface area contributed by atoms with Gasteiger partial charge < -0.3 is 9.84 Å². The normalized spacial score (nSPS) is 18.1. The Bertz CT molecular complexity index is 534. The van der Waals surface area contributed by atoms with E-state index in [0.29, 0.717) is 31.7 Å². The number of aryl methyl sites for hydroxylation is 1. The smallest absolute Gasteiger partial charge is 0.246 e. The van der Waals surface area contributed by atoms with Gasteiger partial charge in [-0.2, -0.15) is 9.40 Å². The Morgan fingerprint density at radius 3 is 2.68 bits per heavy atom. The summed E-state index contributed by atoms with van der Waals surface area (Å²) in [7, 11) is -2.08. The first-order chi connectivity index (χ1) is 8.98. The summed E-state index contributed by atoms with van der Waals surface area (Å²) >= 11 is 0. The van der Waals surface area contributed by atoms with Gasteiger partial charge in [0.2, 0.25) is 10.0 Å². The van der Waals surface area contributed by atoms with Crippen LogP contribution in [-0.4, -0.2) is 54.3 Å². The molecule has 0 atom stereocenters. The van der Waals surface area contributed by atoms with Gasteiger partial charge in [0.05, 0.1) is 12.3 Å². The van der Waals surface area contributed by atoms with Gasteiger partial charge in [-0.25, -0.2) is 8.42 Å². The lowest BCUT2D eigenvalue weighted by Crippen LogP contribution is -2.41. The number of rotatable bonds is 4. The second-order valence-electron chi connectivity index (χ2n) is 4.65. The fraction of sp³-hybridized carbons (Fsp3) is 0.727.